The standard InChI is InChI=1S/C9H14O2/c10-9(11)8-6-4-2-1-3-5-7-8/h1-2,8H,3-7H2,(H,10,11)/p-1/t8-/m0/s1. The van der Waals surface area contributed by atoms with Crippen LogP contribution in [0.5, 0.6) is 0 Å². The predicted molar refractivity (Wildman–Crippen MR) is 40.7 cm³/mol. The fourth-order valence-electron chi connectivity index (χ4n) is 1.40. The molecule has 0 saturated heterocycles. The Balaban J connectivity index is 2.42. The van der Waals surface area contributed by atoms with Crippen LogP contribution in [0.3, 0.4) is 0 Å². The van der Waals surface area contributed by atoms with Gasteiger partial charge in [-0.1, -0.05) is 12.2 Å². The number of carbonyl (C=O) groups excluding carboxylic acids is 1. The monoisotopic (exact) mass is 153 g/mol. The molecule has 0 aromatic heterocycles. The summed E-state index contributed by atoms with van der Waals surface area (Å²) in [6.07, 6.45) is 8.61. The molecule has 0 aromatic carbocycles. The Morgan fingerprint density at radius 3 is 2.73 bits per heavy atom. The van der Waals surface area contributed by atoms with Crippen molar-refractivity contribution < 1.29 is 9.90 Å². The van der Waals surface area contributed by atoms with Crippen LogP contribution in [0.25, 0.3) is 0 Å². The van der Waals surface area contributed by atoms with Gasteiger partial charge in [-0.3, -0.25) is 0 Å². The summed E-state index contributed by atoms with van der Waals surface area (Å²) in [6.45, 7) is 0. The van der Waals surface area contributed by atoms with E-state index in [0.29, 0.717) is 0 Å². The number of carbonyl (C=O) groups is 1. The van der Waals surface area contributed by atoms with Crippen LogP contribution < -0.4 is 5.11 Å². The summed E-state index contributed by atoms with van der Waals surface area (Å²) in [5.74, 6) is -1.08. The van der Waals surface area contributed by atoms with Crippen molar-refractivity contribution in [2.75, 3.05) is 0 Å². The lowest BCUT2D eigenvalue weighted by molar-refractivity contribution is -0.312. The van der Waals surface area contributed by atoms with Gasteiger partial charge in [-0.25, -0.2) is 0 Å². The second-order valence-electron chi connectivity index (χ2n) is 3.00. The summed E-state index contributed by atoms with van der Waals surface area (Å²) in [4.78, 5) is 10.5. The van der Waals surface area contributed by atoms with Crippen LogP contribution in [-0.4, -0.2) is 5.97 Å². The lowest BCUT2D eigenvalue weighted by Crippen LogP contribution is -2.31. The van der Waals surface area contributed by atoms with Gasteiger partial charge in [-0.2, -0.15) is 0 Å². The highest BCUT2D eigenvalue weighted by Gasteiger charge is 2.09. The van der Waals surface area contributed by atoms with Gasteiger partial charge in [0, 0.05) is 5.97 Å². The molecule has 1 atom stereocenters. The molecule has 1 aliphatic carbocycles. The van der Waals surface area contributed by atoms with Crippen molar-refractivity contribution in [1.82, 2.24) is 0 Å². The van der Waals surface area contributed by atoms with E-state index in [0.717, 1.165) is 32.1 Å². The van der Waals surface area contributed by atoms with Gasteiger partial charge < -0.3 is 9.90 Å². The number of rotatable bonds is 1. The smallest absolute Gasteiger partial charge is 0.0445 e. The van der Waals surface area contributed by atoms with E-state index in [9.17, 15) is 9.90 Å². The minimum atomic E-state index is -0.875. The summed E-state index contributed by atoms with van der Waals surface area (Å²) < 4.78 is 0. The molecular weight excluding hydrogens is 140 g/mol. The summed E-state index contributed by atoms with van der Waals surface area (Å²) in [7, 11) is 0. The first kappa shape index (κ1) is 8.31. The quantitative estimate of drug-likeness (QED) is 0.524. The molecule has 2 heteroatoms. The van der Waals surface area contributed by atoms with Crippen molar-refractivity contribution in [3.63, 3.8) is 0 Å². The Kier molecular flexibility index (Phi) is 3.14. The average Bonchev–Trinajstić information content (AvgIpc) is 1.84. The Morgan fingerprint density at radius 2 is 2.00 bits per heavy atom. The maximum absolute atomic E-state index is 10.5. The van der Waals surface area contributed by atoms with E-state index in [1.54, 1.807) is 0 Å². The van der Waals surface area contributed by atoms with Crippen LogP contribution in [0.1, 0.15) is 32.1 Å². The molecule has 0 radical (unpaired) electrons. The van der Waals surface area contributed by atoms with Crippen molar-refractivity contribution in [1.29, 1.82) is 0 Å². The van der Waals surface area contributed by atoms with E-state index in [4.69, 9.17) is 0 Å². The van der Waals surface area contributed by atoms with Gasteiger partial charge in [0.25, 0.3) is 0 Å². The molecule has 0 bridgehead atoms. The second-order valence-corrected chi connectivity index (χ2v) is 3.00. The molecule has 0 unspecified atom stereocenters. The number of hydrogen-bond donors (Lipinski definition) is 0. The molecule has 0 spiro atoms. The third kappa shape index (κ3) is 2.74. The van der Waals surface area contributed by atoms with Crippen molar-refractivity contribution in [3.05, 3.63) is 12.2 Å². The van der Waals surface area contributed by atoms with Crippen molar-refractivity contribution in [2.45, 2.75) is 32.1 Å². The average molecular weight is 153 g/mol. The van der Waals surface area contributed by atoms with E-state index in [2.05, 4.69) is 12.2 Å². The molecule has 2 nitrogen and oxygen atoms in total. The minimum Gasteiger partial charge on any atom is -0.550 e. The summed E-state index contributed by atoms with van der Waals surface area (Å²) in [5, 5.41) is 10.5. The molecule has 11 heavy (non-hydrogen) atoms. The molecule has 62 valence electrons. The summed E-state index contributed by atoms with van der Waals surface area (Å²) in [6, 6.07) is 0. The molecule has 0 aromatic rings. The lowest BCUT2D eigenvalue weighted by atomic mass is 9.94. The van der Waals surface area contributed by atoms with Gasteiger partial charge in [0.2, 0.25) is 0 Å². The highest BCUT2D eigenvalue weighted by molar-refractivity contribution is 5.67. The lowest BCUT2D eigenvalue weighted by Gasteiger charge is -2.17. The number of hydrogen-bond acceptors (Lipinski definition) is 2. The molecule has 0 amide bonds. The third-order valence-corrected chi connectivity index (χ3v) is 2.11. The fourth-order valence-corrected chi connectivity index (χ4v) is 1.40. The topological polar surface area (TPSA) is 40.1 Å². The van der Waals surface area contributed by atoms with Crippen molar-refractivity contribution in [2.24, 2.45) is 5.92 Å². The van der Waals surface area contributed by atoms with E-state index >= 15 is 0 Å². The van der Waals surface area contributed by atoms with Crippen LogP contribution in [0.4, 0.5) is 0 Å². The van der Waals surface area contributed by atoms with Gasteiger partial charge >= 0.3 is 0 Å². The van der Waals surface area contributed by atoms with Gasteiger partial charge in [-0.15, -0.1) is 0 Å². The van der Waals surface area contributed by atoms with E-state index in [1.165, 1.54) is 0 Å². The van der Waals surface area contributed by atoms with Crippen LogP contribution in [0, 0.1) is 5.92 Å². The van der Waals surface area contributed by atoms with Gasteiger partial charge in [0.1, 0.15) is 0 Å². The zero-order valence-corrected chi connectivity index (χ0v) is 6.58. The van der Waals surface area contributed by atoms with Crippen molar-refractivity contribution in [3.8, 4) is 0 Å². The first-order chi connectivity index (χ1) is 5.30. The first-order valence-electron chi connectivity index (χ1n) is 4.16. The van der Waals surface area contributed by atoms with Crippen LogP contribution >= 0.6 is 0 Å². The number of carboxylic acids is 1. The first-order valence-corrected chi connectivity index (χ1v) is 4.16. The van der Waals surface area contributed by atoms with Gasteiger partial charge in [0.05, 0.1) is 0 Å². The second kappa shape index (κ2) is 4.16. The normalized spacial score (nSPS) is 25.6. The van der Waals surface area contributed by atoms with E-state index in [-0.39, 0.29) is 5.92 Å². The third-order valence-electron chi connectivity index (χ3n) is 2.11. The number of carboxylic acid groups (broad SMARTS) is 1. The molecule has 1 rings (SSSR count). The number of allylic oxidation sites excluding steroid dienone is 2. The van der Waals surface area contributed by atoms with Gasteiger partial charge in [-0.05, 0) is 38.0 Å². The molecule has 1 aliphatic rings. The molecule has 0 saturated carbocycles. The molecular formula is C9H13O2-. The van der Waals surface area contributed by atoms with Crippen molar-refractivity contribution >= 4 is 5.97 Å². The Hall–Kier alpha value is -0.790. The van der Waals surface area contributed by atoms with Gasteiger partial charge in [0.15, 0.2) is 0 Å². The SMILES string of the molecule is O=C([O-])[C@H]1CCC=CCCC1. The summed E-state index contributed by atoms with van der Waals surface area (Å²) >= 11 is 0. The minimum absolute atomic E-state index is 0.208. The fraction of sp³-hybridized carbons (Fsp3) is 0.667. The molecule has 0 aliphatic heterocycles. The van der Waals surface area contributed by atoms with E-state index in [1.807, 2.05) is 0 Å². The highest BCUT2D eigenvalue weighted by atomic mass is 16.4. The molecule has 0 N–H and O–H groups in total. The van der Waals surface area contributed by atoms with Crippen LogP contribution in [0.15, 0.2) is 12.2 Å². The number of aliphatic carboxylic acids is 1. The Bertz CT molecular complexity index is 161. The molecule has 0 heterocycles. The van der Waals surface area contributed by atoms with Crippen LogP contribution in [-0.2, 0) is 4.79 Å². The summed E-state index contributed by atoms with van der Waals surface area (Å²) in [5.41, 5.74) is 0. The highest BCUT2D eigenvalue weighted by Crippen LogP contribution is 2.17. The predicted octanol–water partition coefficient (Wildman–Crippen LogP) is 0.873. The maximum atomic E-state index is 10.5. The largest absolute Gasteiger partial charge is 0.550 e. The maximum Gasteiger partial charge on any atom is 0.0445 e. The molecule has 0 fully saturated rings. The Morgan fingerprint density at radius 1 is 1.27 bits per heavy atom. The van der Waals surface area contributed by atoms with E-state index < -0.39 is 5.97 Å². The zero-order chi connectivity index (χ0) is 8.10. The Labute approximate surface area is 66.9 Å². The zero-order valence-electron chi connectivity index (χ0n) is 6.58. The van der Waals surface area contributed by atoms with Crippen LogP contribution in [0.2, 0.25) is 0 Å².